The summed E-state index contributed by atoms with van der Waals surface area (Å²) in [7, 11) is -3.56. The van der Waals surface area contributed by atoms with E-state index in [1.807, 2.05) is 30.3 Å². The van der Waals surface area contributed by atoms with Gasteiger partial charge in [-0.2, -0.15) is 17.9 Å². The first-order valence-corrected chi connectivity index (χ1v) is 8.48. The van der Waals surface area contributed by atoms with E-state index in [2.05, 4.69) is 9.44 Å². The molecule has 0 saturated heterocycles. The molecule has 0 heterocycles. The van der Waals surface area contributed by atoms with Crippen molar-refractivity contribution in [2.75, 3.05) is 0 Å². The zero-order valence-electron chi connectivity index (χ0n) is 11.7. The highest BCUT2D eigenvalue weighted by Crippen LogP contribution is 2.24. The molecular formula is C14H20N2O4S. The van der Waals surface area contributed by atoms with Gasteiger partial charge in [0.05, 0.1) is 5.92 Å². The fraction of sp³-hybridized carbons (Fsp3) is 0.500. The third-order valence-corrected chi connectivity index (χ3v) is 4.88. The maximum atomic E-state index is 11.9. The molecule has 1 aliphatic carbocycles. The minimum absolute atomic E-state index is 0.186. The molecule has 0 aromatic heterocycles. The minimum Gasteiger partial charge on any atom is -0.481 e. The minimum atomic E-state index is -3.56. The molecule has 0 aliphatic heterocycles. The Morgan fingerprint density at radius 2 is 1.76 bits per heavy atom. The quantitative estimate of drug-likeness (QED) is 0.737. The van der Waals surface area contributed by atoms with E-state index >= 15 is 0 Å². The lowest BCUT2D eigenvalue weighted by atomic mass is 9.87. The molecule has 7 heteroatoms. The van der Waals surface area contributed by atoms with Gasteiger partial charge < -0.3 is 5.11 Å². The van der Waals surface area contributed by atoms with Crippen LogP contribution in [0.15, 0.2) is 30.3 Å². The molecule has 1 aliphatic rings. The van der Waals surface area contributed by atoms with Crippen LogP contribution in [0.3, 0.4) is 0 Å². The molecule has 0 spiro atoms. The molecular weight excluding hydrogens is 292 g/mol. The van der Waals surface area contributed by atoms with Gasteiger partial charge in [0.1, 0.15) is 0 Å². The van der Waals surface area contributed by atoms with Crippen LogP contribution >= 0.6 is 0 Å². The molecule has 0 atom stereocenters. The Morgan fingerprint density at radius 1 is 1.14 bits per heavy atom. The second kappa shape index (κ2) is 7.02. The number of carboxylic acids is 1. The first-order valence-electron chi connectivity index (χ1n) is 7.00. The highest BCUT2D eigenvalue weighted by atomic mass is 32.2. The van der Waals surface area contributed by atoms with Crippen molar-refractivity contribution in [2.45, 2.75) is 38.3 Å². The Kier molecular flexibility index (Phi) is 5.33. The maximum absolute atomic E-state index is 11.9. The molecule has 0 unspecified atom stereocenters. The highest BCUT2D eigenvalue weighted by Gasteiger charge is 2.28. The summed E-state index contributed by atoms with van der Waals surface area (Å²) in [5.74, 6) is -1.14. The molecule has 6 nitrogen and oxygen atoms in total. The Labute approximate surface area is 124 Å². The summed E-state index contributed by atoms with van der Waals surface area (Å²) in [6.07, 6.45) is 2.15. The normalized spacial score (nSPS) is 22.9. The first-order chi connectivity index (χ1) is 9.96. The van der Waals surface area contributed by atoms with Crippen molar-refractivity contribution in [2.24, 2.45) is 5.92 Å². The van der Waals surface area contributed by atoms with Crippen LogP contribution in [-0.2, 0) is 21.5 Å². The molecule has 21 heavy (non-hydrogen) atoms. The fourth-order valence-corrected chi connectivity index (χ4v) is 3.61. The lowest BCUT2D eigenvalue weighted by Gasteiger charge is -2.26. The summed E-state index contributed by atoms with van der Waals surface area (Å²) >= 11 is 0. The third-order valence-electron chi connectivity index (χ3n) is 3.71. The lowest BCUT2D eigenvalue weighted by molar-refractivity contribution is -0.142. The van der Waals surface area contributed by atoms with Crippen LogP contribution < -0.4 is 9.44 Å². The zero-order valence-corrected chi connectivity index (χ0v) is 12.5. The molecule has 3 N–H and O–H groups in total. The lowest BCUT2D eigenvalue weighted by Crippen LogP contribution is -2.44. The monoisotopic (exact) mass is 312 g/mol. The van der Waals surface area contributed by atoms with Crippen molar-refractivity contribution in [3.05, 3.63) is 35.9 Å². The Balaban J connectivity index is 1.80. The second-order valence-electron chi connectivity index (χ2n) is 5.31. The summed E-state index contributed by atoms with van der Waals surface area (Å²) in [5.41, 5.74) is 0.887. The Bertz CT molecular complexity index is 566. The topological polar surface area (TPSA) is 95.5 Å². The van der Waals surface area contributed by atoms with Gasteiger partial charge in [0, 0.05) is 12.6 Å². The number of nitrogens with one attached hydrogen (secondary N) is 2. The number of aliphatic carboxylic acids is 1. The number of carbonyl (C=O) groups is 1. The fourth-order valence-electron chi connectivity index (χ4n) is 2.49. The summed E-state index contributed by atoms with van der Waals surface area (Å²) in [4.78, 5) is 10.9. The Hall–Kier alpha value is -1.44. The standard InChI is InChI=1S/C14H20N2O4S/c17-14(18)12-6-8-13(9-7-12)16-21(19,20)15-10-11-4-2-1-3-5-11/h1-5,12-13,15-16H,6-10H2,(H,17,18). The van der Waals surface area contributed by atoms with Crippen molar-refractivity contribution in [1.82, 2.24) is 9.44 Å². The number of carboxylic acid groups (broad SMARTS) is 1. The second-order valence-corrected chi connectivity index (χ2v) is 6.85. The van der Waals surface area contributed by atoms with Gasteiger partial charge in [0.15, 0.2) is 0 Å². The maximum Gasteiger partial charge on any atom is 0.306 e. The van der Waals surface area contributed by atoms with Crippen LogP contribution in [0.4, 0.5) is 0 Å². The van der Waals surface area contributed by atoms with Crippen molar-refractivity contribution < 1.29 is 18.3 Å². The molecule has 0 amide bonds. The number of rotatable bonds is 6. The van der Waals surface area contributed by atoms with E-state index in [-0.39, 0.29) is 18.5 Å². The molecule has 1 aromatic carbocycles. The van der Waals surface area contributed by atoms with Crippen LogP contribution in [0.1, 0.15) is 31.2 Å². The van der Waals surface area contributed by atoms with Crippen LogP contribution in [0.25, 0.3) is 0 Å². The van der Waals surface area contributed by atoms with Gasteiger partial charge in [0.25, 0.3) is 10.2 Å². The van der Waals surface area contributed by atoms with Crippen LogP contribution in [-0.4, -0.2) is 25.5 Å². The van der Waals surface area contributed by atoms with E-state index < -0.39 is 16.2 Å². The van der Waals surface area contributed by atoms with Crippen LogP contribution in [0.5, 0.6) is 0 Å². The summed E-state index contributed by atoms with van der Waals surface area (Å²) in [5, 5.41) is 8.92. The van der Waals surface area contributed by atoms with Crippen LogP contribution in [0.2, 0.25) is 0 Å². The van der Waals surface area contributed by atoms with E-state index in [4.69, 9.17) is 5.11 Å². The smallest absolute Gasteiger partial charge is 0.306 e. The molecule has 1 fully saturated rings. The predicted molar refractivity (Wildman–Crippen MR) is 78.7 cm³/mol. The summed E-state index contributed by atoms with van der Waals surface area (Å²) in [6.45, 7) is 0.237. The largest absolute Gasteiger partial charge is 0.481 e. The van der Waals surface area contributed by atoms with Crippen molar-refractivity contribution in [3.63, 3.8) is 0 Å². The molecule has 116 valence electrons. The van der Waals surface area contributed by atoms with E-state index in [1.165, 1.54) is 0 Å². The van der Waals surface area contributed by atoms with Gasteiger partial charge in [-0.3, -0.25) is 4.79 Å². The van der Waals surface area contributed by atoms with Gasteiger partial charge in [-0.1, -0.05) is 30.3 Å². The summed E-state index contributed by atoms with van der Waals surface area (Å²) in [6, 6.07) is 9.08. The first kappa shape index (κ1) is 15.9. The van der Waals surface area contributed by atoms with Gasteiger partial charge in [-0.05, 0) is 31.2 Å². The molecule has 1 saturated carbocycles. The predicted octanol–water partition coefficient (Wildman–Crippen LogP) is 1.25. The molecule has 2 rings (SSSR count). The molecule has 0 radical (unpaired) electrons. The zero-order chi connectivity index (χ0) is 15.3. The SMILES string of the molecule is O=C(O)C1CCC(NS(=O)(=O)NCc2ccccc2)CC1. The summed E-state index contributed by atoms with van der Waals surface area (Å²) < 4.78 is 29.0. The highest BCUT2D eigenvalue weighted by molar-refractivity contribution is 7.87. The van der Waals surface area contributed by atoms with Gasteiger partial charge >= 0.3 is 5.97 Å². The average Bonchev–Trinajstić information content (AvgIpc) is 2.46. The van der Waals surface area contributed by atoms with E-state index in [0.29, 0.717) is 25.7 Å². The van der Waals surface area contributed by atoms with Gasteiger partial charge in [0.2, 0.25) is 0 Å². The van der Waals surface area contributed by atoms with Gasteiger partial charge in [-0.25, -0.2) is 0 Å². The van der Waals surface area contributed by atoms with Crippen molar-refractivity contribution in [1.29, 1.82) is 0 Å². The van der Waals surface area contributed by atoms with Gasteiger partial charge in [-0.15, -0.1) is 0 Å². The van der Waals surface area contributed by atoms with E-state index in [0.717, 1.165) is 5.56 Å². The molecule has 1 aromatic rings. The van der Waals surface area contributed by atoms with E-state index in [1.54, 1.807) is 0 Å². The number of benzene rings is 1. The third kappa shape index (κ3) is 5.11. The van der Waals surface area contributed by atoms with Crippen LogP contribution in [0, 0.1) is 5.92 Å². The van der Waals surface area contributed by atoms with E-state index in [9.17, 15) is 13.2 Å². The Morgan fingerprint density at radius 3 is 2.33 bits per heavy atom. The number of hydrogen-bond acceptors (Lipinski definition) is 3. The number of hydrogen-bond donors (Lipinski definition) is 3. The van der Waals surface area contributed by atoms with Crippen molar-refractivity contribution >= 4 is 16.2 Å². The van der Waals surface area contributed by atoms with Crippen molar-refractivity contribution in [3.8, 4) is 0 Å². The molecule has 0 bridgehead atoms. The average molecular weight is 312 g/mol.